The molecule has 0 saturated carbocycles. The summed E-state index contributed by atoms with van der Waals surface area (Å²) in [6.07, 6.45) is 2.50. The molecule has 5 nitrogen and oxygen atoms in total. The van der Waals surface area contributed by atoms with E-state index < -0.39 is 5.97 Å². The molecule has 1 aliphatic heterocycles. The van der Waals surface area contributed by atoms with Crippen LogP contribution in [0.1, 0.15) is 24.5 Å². The Morgan fingerprint density at radius 3 is 2.70 bits per heavy atom. The number of carbonyl (C=O) groups is 1. The molecule has 1 aliphatic rings. The molecular formula is C20H17Cl2NO4. The van der Waals surface area contributed by atoms with Crippen molar-refractivity contribution in [2.45, 2.75) is 13.3 Å². The van der Waals surface area contributed by atoms with Crippen LogP contribution < -0.4 is 9.47 Å². The van der Waals surface area contributed by atoms with E-state index in [2.05, 4.69) is 4.99 Å². The SMILES string of the molecule is CCCOc1ccc(/C=C2\N=C(c3cc(Cl)ccc3Cl)OC2=O)cc1OC. The van der Waals surface area contributed by atoms with Gasteiger partial charge in [-0.15, -0.1) is 0 Å². The van der Waals surface area contributed by atoms with E-state index in [0.717, 1.165) is 12.0 Å². The molecule has 0 saturated heterocycles. The highest BCUT2D eigenvalue weighted by atomic mass is 35.5. The average Bonchev–Trinajstić information content (AvgIpc) is 3.02. The number of hydrogen-bond acceptors (Lipinski definition) is 5. The molecule has 0 N–H and O–H groups in total. The maximum atomic E-state index is 12.2. The number of hydrogen-bond donors (Lipinski definition) is 0. The largest absolute Gasteiger partial charge is 0.493 e. The summed E-state index contributed by atoms with van der Waals surface area (Å²) in [5, 5.41) is 0.865. The lowest BCUT2D eigenvalue weighted by atomic mass is 10.1. The second-order valence-corrected chi connectivity index (χ2v) is 6.56. The first-order chi connectivity index (χ1) is 13.0. The molecule has 140 valence electrons. The van der Waals surface area contributed by atoms with Crippen LogP contribution in [0.25, 0.3) is 6.08 Å². The number of rotatable bonds is 6. The molecular weight excluding hydrogens is 389 g/mol. The van der Waals surface area contributed by atoms with Gasteiger partial charge in [0.25, 0.3) is 0 Å². The molecule has 0 bridgehead atoms. The van der Waals surface area contributed by atoms with E-state index >= 15 is 0 Å². The highest BCUT2D eigenvalue weighted by Crippen LogP contribution is 2.30. The number of cyclic esters (lactones) is 1. The first-order valence-electron chi connectivity index (χ1n) is 8.30. The van der Waals surface area contributed by atoms with Crippen LogP contribution in [0.5, 0.6) is 11.5 Å². The van der Waals surface area contributed by atoms with Crippen LogP contribution in [-0.4, -0.2) is 25.6 Å². The van der Waals surface area contributed by atoms with Crippen molar-refractivity contribution in [1.29, 1.82) is 0 Å². The van der Waals surface area contributed by atoms with Gasteiger partial charge in [0.15, 0.2) is 17.2 Å². The molecule has 0 aromatic heterocycles. The van der Waals surface area contributed by atoms with E-state index in [1.165, 1.54) is 0 Å². The predicted molar refractivity (Wildman–Crippen MR) is 106 cm³/mol. The summed E-state index contributed by atoms with van der Waals surface area (Å²) in [6.45, 7) is 2.62. The van der Waals surface area contributed by atoms with Gasteiger partial charge in [0.2, 0.25) is 5.90 Å². The first kappa shape index (κ1) is 19.3. The fraction of sp³-hybridized carbons (Fsp3) is 0.200. The van der Waals surface area contributed by atoms with Gasteiger partial charge in [-0.25, -0.2) is 9.79 Å². The topological polar surface area (TPSA) is 57.1 Å². The van der Waals surface area contributed by atoms with Crippen LogP contribution in [0.4, 0.5) is 0 Å². The van der Waals surface area contributed by atoms with E-state index in [4.69, 9.17) is 37.4 Å². The van der Waals surface area contributed by atoms with Crippen molar-refractivity contribution < 1.29 is 19.0 Å². The Labute approximate surface area is 167 Å². The smallest absolute Gasteiger partial charge is 0.363 e. The van der Waals surface area contributed by atoms with Crippen LogP contribution in [0, 0.1) is 0 Å². The van der Waals surface area contributed by atoms with Crippen molar-refractivity contribution in [2.75, 3.05) is 13.7 Å². The number of carbonyl (C=O) groups excluding carboxylic acids is 1. The molecule has 0 spiro atoms. The van der Waals surface area contributed by atoms with Gasteiger partial charge in [0, 0.05) is 5.02 Å². The third kappa shape index (κ3) is 4.43. The number of nitrogens with zero attached hydrogens (tertiary/aromatic N) is 1. The maximum absolute atomic E-state index is 12.2. The zero-order chi connectivity index (χ0) is 19.4. The summed E-state index contributed by atoms with van der Waals surface area (Å²) in [5.41, 5.74) is 1.34. The van der Waals surface area contributed by atoms with Crippen LogP contribution in [0.15, 0.2) is 47.1 Å². The van der Waals surface area contributed by atoms with Crippen LogP contribution in [-0.2, 0) is 9.53 Å². The average molecular weight is 406 g/mol. The lowest BCUT2D eigenvalue weighted by Crippen LogP contribution is -2.06. The van der Waals surface area contributed by atoms with Gasteiger partial charge in [0.05, 0.1) is 24.3 Å². The lowest BCUT2D eigenvalue weighted by Gasteiger charge is -2.10. The second-order valence-electron chi connectivity index (χ2n) is 5.72. The molecule has 0 unspecified atom stereocenters. The first-order valence-corrected chi connectivity index (χ1v) is 9.06. The van der Waals surface area contributed by atoms with Crippen LogP contribution in [0.2, 0.25) is 10.0 Å². The summed E-state index contributed by atoms with van der Waals surface area (Å²) < 4.78 is 16.2. The number of esters is 1. The Morgan fingerprint density at radius 1 is 1.15 bits per heavy atom. The van der Waals surface area contributed by atoms with Gasteiger partial charge < -0.3 is 14.2 Å². The van der Waals surface area contributed by atoms with E-state index in [1.54, 1.807) is 43.5 Å². The summed E-state index contributed by atoms with van der Waals surface area (Å²) in [5.74, 6) is 0.775. The van der Waals surface area contributed by atoms with Gasteiger partial charge in [-0.3, -0.25) is 0 Å². The van der Waals surface area contributed by atoms with Crippen molar-refractivity contribution in [2.24, 2.45) is 4.99 Å². The molecule has 0 radical (unpaired) electrons. The summed E-state index contributed by atoms with van der Waals surface area (Å²) in [4.78, 5) is 16.4. The Morgan fingerprint density at radius 2 is 1.96 bits per heavy atom. The third-order valence-corrected chi connectivity index (χ3v) is 4.30. The molecule has 2 aromatic carbocycles. The third-order valence-electron chi connectivity index (χ3n) is 3.73. The zero-order valence-corrected chi connectivity index (χ0v) is 16.3. The minimum absolute atomic E-state index is 0.119. The van der Waals surface area contributed by atoms with Gasteiger partial charge in [0.1, 0.15) is 0 Å². The number of halogens is 2. The highest BCUT2D eigenvalue weighted by Gasteiger charge is 2.26. The summed E-state index contributed by atoms with van der Waals surface area (Å²) in [6, 6.07) is 10.2. The fourth-order valence-corrected chi connectivity index (χ4v) is 2.82. The van der Waals surface area contributed by atoms with Crippen molar-refractivity contribution in [1.82, 2.24) is 0 Å². The van der Waals surface area contributed by atoms with Crippen LogP contribution in [0.3, 0.4) is 0 Å². The normalized spacial score (nSPS) is 14.9. The Kier molecular flexibility index (Phi) is 6.04. The van der Waals surface area contributed by atoms with Crippen LogP contribution >= 0.6 is 23.2 Å². The number of methoxy groups -OCH3 is 1. The summed E-state index contributed by atoms with van der Waals surface area (Å²) in [7, 11) is 1.56. The Balaban J connectivity index is 1.91. The van der Waals surface area contributed by atoms with Crippen molar-refractivity contribution in [3.05, 3.63) is 63.3 Å². The van der Waals surface area contributed by atoms with Gasteiger partial charge in [-0.2, -0.15) is 0 Å². The molecule has 7 heteroatoms. The van der Waals surface area contributed by atoms with Crippen molar-refractivity contribution >= 4 is 41.1 Å². The molecule has 0 atom stereocenters. The zero-order valence-electron chi connectivity index (χ0n) is 14.8. The van der Waals surface area contributed by atoms with Crippen molar-refractivity contribution in [3.8, 4) is 11.5 Å². The van der Waals surface area contributed by atoms with Crippen molar-refractivity contribution in [3.63, 3.8) is 0 Å². The maximum Gasteiger partial charge on any atom is 0.363 e. The molecule has 0 fully saturated rings. The quantitative estimate of drug-likeness (QED) is 0.493. The second kappa shape index (κ2) is 8.46. The van der Waals surface area contributed by atoms with E-state index in [1.807, 2.05) is 13.0 Å². The minimum Gasteiger partial charge on any atom is -0.493 e. The fourth-order valence-electron chi connectivity index (χ4n) is 2.45. The molecule has 1 heterocycles. The molecule has 3 rings (SSSR count). The summed E-state index contributed by atoms with van der Waals surface area (Å²) >= 11 is 12.1. The number of aliphatic imine (C=N–C) groups is 1. The van der Waals surface area contributed by atoms with E-state index in [0.29, 0.717) is 33.7 Å². The number of ether oxygens (including phenoxy) is 3. The molecule has 0 amide bonds. The Hall–Kier alpha value is -2.50. The van der Waals surface area contributed by atoms with E-state index in [9.17, 15) is 4.79 Å². The molecule has 2 aromatic rings. The minimum atomic E-state index is -0.564. The number of benzene rings is 2. The van der Waals surface area contributed by atoms with Gasteiger partial charge >= 0.3 is 5.97 Å². The highest BCUT2D eigenvalue weighted by molar-refractivity contribution is 6.36. The standard InChI is InChI=1S/C20H17Cl2NO4/c1-3-8-26-17-7-4-12(10-18(17)25-2)9-16-20(24)27-19(23-16)14-11-13(21)5-6-15(14)22/h4-7,9-11H,3,8H2,1-2H3/b16-9-. The lowest BCUT2D eigenvalue weighted by molar-refractivity contribution is -0.129. The monoisotopic (exact) mass is 405 g/mol. The van der Waals surface area contributed by atoms with E-state index in [-0.39, 0.29) is 11.6 Å². The van der Waals surface area contributed by atoms with Gasteiger partial charge in [-0.1, -0.05) is 36.2 Å². The van der Waals surface area contributed by atoms with Gasteiger partial charge in [-0.05, 0) is 48.4 Å². The predicted octanol–water partition coefficient (Wildman–Crippen LogP) is 5.14. The molecule has 27 heavy (non-hydrogen) atoms. The Bertz CT molecular complexity index is 938. The molecule has 0 aliphatic carbocycles.